The second-order valence-electron chi connectivity index (χ2n) is 5.91. The van der Waals surface area contributed by atoms with Gasteiger partial charge in [-0.1, -0.05) is 0 Å². The highest BCUT2D eigenvalue weighted by molar-refractivity contribution is 7.89. The van der Waals surface area contributed by atoms with E-state index in [1.54, 1.807) is 12.1 Å². The number of carbonyl (C=O) groups excluding carboxylic acids is 1. The van der Waals surface area contributed by atoms with Gasteiger partial charge in [-0.15, -0.1) is 0 Å². The third-order valence-electron chi connectivity index (χ3n) is 3.53. The lowest BCUT2D eigenvalue weighted by Gasteiger charge is -2.15. The highest BCUT2D eigenvalue weighted by Gasteiger charge is 2.19. The molecule has 0 atom stereocenters. The molecule has 0 aliphatic rings. The number of nitrogens with one attached hydrogen (secondary N) is 1. The van der Waals surface area contributed by atoms with E-state index in [4.69, 9.17) is 4.74 Å². The number of ether oxygens (including phenoxy) is 1. The Balaban J connectivity index is 2.81. The van der Waals surface area contributed by atoms with Crippen LogP contribution in [0.5, 0.6) is 5.75 Å². The van der Waals surface area contributed by atoms with Crippen LogP contribution < -0.4 is 10.1 Å². The Bertz CT molecular complexity index is 657. The van der Waals surface area contributed by atoms with Gasteiger partial charge in [0.15, 0.2) is 0 Å². The van der Waals surface area contributed by atoms with Crippen LogP contribution in [0.15, 0.2) is 23.1 Å². The van der Waals surface area contributed by atoms with Crippen molar-refractivity contribution in [2.24, 2.45) is 0 Å². The molecule has 0 bridgehead atoms. The minimum Gasteiger partial charge on any atom is -0.496 e. The Kier molecular flexibility index (Phi) is 7.65. The van der Waals surface area contributed by atoms with Crippen molar-refractivity contribution in [1.29, 1.82) is 0 Å². The van der Waals surface area contributed by atoms with Gasteiger partial charge in [0.1, 0.15) is 5.75 Å². The van der Waals surface area contributed by atoms with Gasteiger partial charge in [0, 0.05) is 33.6 Å². The lowest BCUT2D eigenvalue weighted by atomic mass is 10.1. The first-order valence-corrected chi connectivity index (χ1v) is 9.13. The summed E-state index contributed by atoms with van der Waals surface area (Å²) >= 11 is 0. The minimum atomic E-state index is -3.51. The molecule has 1 N–H and O–H groups in total. The molecule has 24 heavy (non-hydrogen) atoms. The molecular formula is C16H27N3O4S. The average molecular weight is 357 g/mol. The molecule has 0 saturated carbocycles. The minimum absolute atomic E-state index is 0.0697. The standard InChI is InChI=1S/C16H27N3O4S/c1-18(2)11-10-17-16(20)9-6-13-12-14(7-8-15(13)23-5)24(21,22)19(3)4/h7-8,12H,6,9-11H2,1-5H3,(H,17,20). The summed E-state index contributed by atoms with van der Waals surface area (Å²) in [7, 11) is 4.85. The van der Waals surface area contributed by atoms with Gasteiger partial charge in [-0.25, -0.2) is 12.7 Å². The molecule has 0 aromatic heterocycles. The number of hydrogen-bond acceptors (Lipinski definition) is 5. The van der Waals surface area contributed by atoms with Crippen molar-refractivity contribution < 1.29 is 17.9 Å². The van der Waals surface area contributed by atoms with E-state index in [2.05, 4.69) is 5.32 Å². The molecule has 0 saturated heterocycles. The summed E-state index contributed by atoms with van der Waals surface area (Å²) in [6.45, 7) is 1.35. The molecule has 1 aromatic rings. The fourth-order valence-electron chi connectivity index (χ4n) is 2.08. The molecule has 0 aliphatic heterocycles. The molecule has 1 rings (SSSR count). The number of sulfonamides is 1. The van der Waals surface area contributed by atoms with Gasteiger partial charge in [0.05, 0.1) is 12.0 Å². The molecule has 8 heteroatoms. The largest absolute Gasteiger partial charge is 0.496 e. The zero-order chi connectivity index (χ0) is 18.3. The van der Waals surface area contributed by atoms with E-state index in [1.807, 2.05) is 19.0 Å². The Morgan fingerprint density at radius 1 is 1.21 bits per heavy atom. The van der Waals surface area contributed by atoms with Gasteiger partial charge >= 0.3 is 0 Å². The quantitative estimate of drug-likeness (QED) is 0.698. The molecule has 0 radical (unpaired) electrons. The Morgan fingerprint density at radius 3 is 2.42 bits per heavy atom. The third kappa shape index (κ3) is 5.77. The number of methoxy groups -OCH3 is 1. The van der Waals surface area contributed by atoms with Gasteiger partial charge < -0.3 is 15.0 Å². The van der Waals surface area contributed by atoms with E-state index in [-0.39, 0.29) is 17.2 Å². The highest BCUT2D eigenvalue weighted by Crippen LogP contribution is 2.25. The smallest absolute Gasteiger partial charge is 0.242 e. The van der Waals surface area contributed by atoms with Gasteiger partial charge in [-0.2, -0.15) is 0 Å². The van der Waals surface area contributed by atoms with Crippen LogP contribution in [0.25, 0.3) is 0 Å². The summed E-state index contributed by atoms with van der Waals surface area (Å²) in [6.07, 6.45) is 0.684. The van der Waals surface area contributed by atoms with Crippen molar-refractivity contribution in [3.63, 3.8) is 0 Å². The first kappa shape index (κ1) is 20.4. The predicted octanol–water partition coefficient (Wildman–Crippen LogP) is 0.556. The zero-order valence-corrected chi connectivity index (χ0v) is 15.8. The number of aryl methyl sites for hydroxylation is 1. The Morgan fingerprint density at radius 2 is 1.88 bits per heavy atom. The molecule has 0 spiro atoms. The molecule has 0 unspecified atom stereocenters. The summed E-state index contributed by atoms with van der Waals surface area (Å²) in [5.74, 6) is 0.508. The topological polar surface area (TPSA) is 79.0 Å². The van der Waals surface area contributed by atoms with Gasteiger partial charge in [-0.3, -0.25) is 4.79 Å². The Labute approximate surface area is 144 Å². The number of hydrogen-bond donors (Lipinski definition) is 1. The van der Waals surface area contributed by atoms with E-state index in [0.29, 0.717) is 24.3 Å². The zero-order valence-electron chi connectivity index (χ0n) is 15.0. The van der Waals surface area contributed by atoms with Crippen LogP contribution in [0, 0.1) is 0 Å². The third-order valence-corrected chi connectivity index (χ3v) is 5.34. The van der Waals surface area contributed by atoms with E-state index in [1.165, 1.54) is 27.3 Å². The van der Waals surface area contributed by atoms with Crippen LogP contribution in [0.1, 0.15) is 12.0 Å². The van der Waals surface area contributed by atoms with Crippen LogP contribution in [0.4, 0.5) is 0 Å². The summed E-state index contributed by atoms with van der Waals surface area (Å²) in [5, 5.41) is 2.84. The first-order chi connectivity index (χ1) is 11.2. The monoisotopic (exact) mass is 357 g/mol. The van der Waals surface area contributed by atoms with Crippen molar-refractivity contribution in [2.75, 3.05) is 48.4 Å². The number of likely N-dealkylation sites (N-methyl/N-ethyl adjacent to an activating group) is 1. The second-order valence-corrected chi connectivity index (χ2v) is 8.07. The fourth-order valence-corrected chi connectivity index (χ4v) is 3.03. The molecule has 0 heterocycles. The van der Waals surface area contributed by atoms with Crippen LogP contribution in [-0.2, 0) is 21.2 Å². The van der Waals surface area contributed by atoms with Crippen molar-refractivity contribution in [3.8, 4) is 5.75 Å². The summed E-state index contributed by atoms with van der Waals surface area (Å²) in [6, 6.07) is 4.70. The normalized spacial score (nSPS) is 11.8. The fraction of sp³-hybridized carbons (Fsp3) is 0.562. The Hall–Kier alpha value is -1.64. The number of rotatable bonds is 9. The molecule has 0 aliphatic carbocycles. The molecule has 136 valence electrons. The SMILES string of the molecule is COc1ccc(S(=O)(=O)N(C)C)cc1CCC(=O)NCCN(C)C. The van der Waals surface area contributed by atoms with Crippen molar-refractivity contribution in [1.82, 2.24) is 14.5 Å². The lowest BCUT2D eigenvalue weighted by Crippen LogP contribution is -2.31. The van der Waals surface area contributed by atoms with Gasteiger partial charge in [0.25, 0.3) is 0 Å². The maximum Gasteiger partial charge on any atom is 0.242 e. The highest BCUT2D eigenvalue weighted by atomic mass is 32.2. The number of nitrogens with zero attached hydrogens (tertiary/aromatic N) is 2. The summed E-state index contributed by atoms with van der Waals surface area (Å²) < 4.78 is 30.9. The van der Waals surface area contributed by atoms with E-state index < -0.39 is 10.0 Å². The summed E-state index contributed by atoms with van der Waals surface area (Å²) in [5.41, 5.74) is 0.697. The van der Waals surface area contributed by atoms with Crippen molar-refractivity contribution in [2.45, 2.75) is 17.7 Å². The van der Waals surface area contributed by atoms with Gasteiger partial charge in [-0.05, 0) is 44.3 Å². The van der Waals surface area contributed by atoms with E-state index in [9.17, 15) is 13.2 Å². The van der Waals surface area contributed by atoms with Gasteiger partial charge in [0.2, 0.25) is 15.9 Å². The number of benzene rings is 1. The maximum absolute atomic E-state index is 12.2. The maximum atomic E-state index is 12.2. The van der Waals surface area contributed by atoms with Crippen LogP contribution in [0.3, 0.4) is 0 Å². The molecular weight excluding hydrogens is 330 g/mol. The second kappa shape index (κ2) is 9.00. The van der Waals surface area contributed by atoms with E-state index >= 15 is 0 Å². The van der Waals surface area contributed by atoms with E-state index in [0.717, 1.165) is 10.8 Å². The molecule has 1 amide bonds. The van der Waals surface area contributed by atoms with Crippen molar-refractivity contribution >= 4 is 15.9 Å². The molecule has 1 aromatic carbocycles. The van der Waals surface area contributed by atoms with Crippen LogP contribution in [-0.4, -0.2) is 71.9 Å². The van der Waals surface area contributed by atoms with Crippen LogP contribution >= 0.6 is 0 Å². The van der Waals surface area contributed by atoms with Crippen LogP contribution in [0.2, 0.25) is 0 Å². The lowest BCUT2D eigenvalue weighted by molar-refractivity contribution is -0.121. The summed E-state index contributed by atoms with van der Waals surface area (Å²) in [4.78, 5) is 14.1. The molecule has 0 fully saturated rings. The average Bonchev–Trinajstić information content (AvgIpc) is 2.52. The molecule has 7 nitrogen and oxygen atoms in total. The predicted molar refractivity (Wildman–Crippen MR) is 93.8 cm³/mol. The first-order valence-electron chi connectivity index (χ1n) is 7.69. The number of amides is 1. The number of carbonyl (C=O) groups is 1. The van der Waals surface area contributed by atoms with Crippen molar-refractivity contribution in [3.05, 3.63) is 23.8 Å².